The second-order valence-electron chi connectivity index (χ2n) is 15.1. The van der Waals surface area contributed by atoms with Gasteiger partial charge >= 0.3 is 0 Å². The quantitative estimate of drug-likeness (QED) is 0.138. The lowest BCUT2D eigenvalue weighted by Gasteiger charge is -2.60. The zero-order valence-electron chi connectivity index (χ0n) is 28.3. The summed E-state index contributed by atoms with van der Waals surface area (Å²) in [5, 5.41) is 0.845. The van der Waals surface area contributed by atoms with Gasteiger partial charge in [0, 0.05) is 10.3 Å². The first-order valence-corrected chi connectivity index (χ1v) is 27.8. The molecule has 2 rings (SSSR count). The van der Waals surface area contributed by atoms with E-state index in [1.807, 2.05) is 0 Å². The molecule has 0 bridgehead atoms. The lowest BCUT2D eigenvalue weighted by Crippen LogP contribution is -2.70. The van der Waals surface area contributed by atoms with Gasteiger partial charge in [0.1, 0.15) is 5.22 Å². The molecule has 0 aromatic heterocycles. The minimum absolute atomic E-state index is 0.0104. The van der Waals surface area contributed by atoms with Gasteiger partial charge in [-0.2, -0.15) is 0 Å². The lowest BCUT2D eigenvalue weighted by molar-refractivity contribution is 0.00696. The van der Waals surface area contributed by atoms with Crippen LogP contribution in [0.25, 0.3) is 0 Å². The minimum atomic E-state index is -2.65. The van der Waals surface area contributed by atoms with Crippen LogP contribution in [0.1, 0.15) is 73.6 Å². The molecule has 0 N–H and O–H groups in total. The molecular formula is C32H62O3Si4. The Bertz CT molecular complexity index is 967. The van der Waals surface area contributed by atoms with Crippen molar-refractivity contribution in [3.05, 3.63) is 42.5 Å². The highest BCUT2D eigenvalue weighted by molar-refractivity contribution is 6.91. The van der Waals surface area contributed by atoms with Crippen molar-refractivity contribution in [3.8, 4) is 0 Å². The molecule has 1 aliphatic rings. The molecule has 3 nitrogen and oxygen atoms in total. The van der Waals surface area contributed by atoms with Crippen LogP contribution in [-0.2, 0) is 13.3 Å². The van der Waals surface area contributed by atoms with Gasteiger partial charge in [0.05, 0.1) is 13.7 Å². The van der Waals surface area contributed by atoms with Crippen molar-refractivity contribution >= 4 is 38.2 Å². The maximum Gasteiger partial charge on any atom is 0.260 e. The molecule has 39 heavy (non-hydrogen) atoms. The maximum atomic E-state index is 7.75. The van der Waals surface area contributed by atoms with Gasteiger partial charge in [0.2, 0.25) is 0 Å². The molecular weight excluding hydrogens is 545 g/mol. The predicted octanol–water partition coefficient (Wildman–Crippen LogP) is 9.57. The summed E-state index contributed by atoms with van der Waals surface area (Å²) in [7, 11) is -8.43. The van der Waals surface area contributed by atoms with Crippen molar-refractivity contribution in [2.75, 3.05) is 0 Å². The highest BCUT2D eigenvalue weighted by Crippen LogP contribution is 2.59. The SMILES string of the molecule is CCCC(CC)(O[Si](C)(C)C(CC)(CC)C(C)(C)O[Si](C)(c1ccccc1)C1(O[Si](C)(C)C)C=C1)[Si](C)(C)C. The fourth-order valence-corrected chi connectivity index (χ4v) is 22.9. The van der Waals surface area contributed by atoms with Crippen molar-refractivity contribution < 1.29 is 13.3 Å². The highest BCUT2D eigenvalue weighted by atomic mass is 28.4. The van der Waals surface area contributed by atoms with Crippen LogP contribution in [0.2, 0.25) is 64.0 Å². The smallest absolute Gasteiger partial charge is 0.260 e. The van der Waals surface area contributed by atoms with Crippen molar-refractivity contribution in [2.24, 2.45) is 0 Å². The molecule has 1 aromatic carbocycles. The van der Waals surface area contributed by atoms with Gasteiger partial charge in [-0.1, -0.05) is 96.2 Å². The molecule has 1 aliphatic carbocycles. The zero-order valence-corrected chi connectivity index (χ0v) is 32.3. The van der Waals surface area contributed by atoms with E-state index in [0.29, 0.717) is 0 Å². The standard InChI is InChI=1S/C32H62O3Si4/c1-16-25-31(19-4,36(7,8)9)35-38(13,14)30(17-2,18-3)29(5,6)33-39(15,28-23-21-20-22-24-28)32(26-27-32)34-37(10,11)12/h20-24,26-27H,16-19,25H2,1-15H3. The third-order valence-corrected chi connectivity index (χ3v) is 23.6. The number of benzene rings is 1. The van der Waals surface area contributed by atoms with E-state index in [2.05, 4.69) is 143 Å². The third kappa shape index (κ3) is 6.55. The monoisotopic (exact) mass is 606 g/mol. The Kier molecular flexibility index (Phi) is 10.5. The Morgan fingerprint density at radius 2 is 1.23 bits per heavy atom. The van der Waals surface area contributed by atoms with Gasteiger partial charge in [-0.3, -0.25) is 0 Å². The molecule has 2 atom stereocenters. The third-order valence-electron chi connectivity index (χ3n) is 10.0. The Hall–Kier alpha value is -0.292. The first-order chi connectivity index (χ1) is 17.7. The molecule has 0 saturated carbocycles. The van der Waals surface area contributed by atoms with Gasteiger partial charge in [-0.05, 0) is 84.0 Å². The van der Waals surface area contributed by atoms with Crippen molar-refractivity contribution in [3.63, 3.8) is 0 Å². The normalized spacial score (nSPS) is 19.5. The predicted molar refractivity (Wildman–Crippen MR) is 182 cm³/mol. The molecule has 0 amide bonds. The summed E-state index contributed by atoms with van der Waals surface area (Å²) >= 11 is 0. The van der Waals surface area contributed by atoms with E-state index in [0.717, 1.165) is 32.1 Å². The molecule has 0 spiro atoms. The first kappa shape index (κ1) is 34.9. The lowest BCUT2D eigenvalue weighted by atomic mass is 9.85. The summed E-state index contributed by atoms with van der Waals surface area (Å²) in [6, 6.07) is 11.0. The molecule has 0 fully saturated rings. The second kappa shape index (κ2) is 11.8. The Morgan fingerprint density at radius 1 is 0.718 bits per heavy atom. The summed E-state index contributed by atoms with van der Waals surface area (Å²) < 4.78 is 22.5. The van der Waals surface area contributed by atoms with Crippen LogP contribution in [0.15, 0.2) is 42.5 Å². The summed E-state index contributed by atoms with van der Waals surface area (Å²) in [6.07, 6.45) is 10.1. The van der Waals surface area contributed by atoms with Crippen LogP contribution >= 0.6 is 0 Å². The maximum absolute atomic E-state index is 7.75. The van der Waals surface area contributed by atoms with Crippen LogP contribution in [0.5, 0.6) is 0 Å². The van der Waals surface area contributed by atoms with E-state index >= 15 is 0 Å². The summed E-state index contributed by atoms with van der Waals surface area (Å²) in [5.41, 5.74) is -0.395. The minimum Gasteiger partial charge on any atom is -0.414 e. The molecule has 7 heteroatoms. The van der Waals surface area contributed by atoms with Crippen LogP contribution < -0.4 is 5.19 Å². The van der Waals surface area contributed by atoms with Crippen LogP contribution in [0.3, 0.4) is 0 Å². The van der Waals surface area contributed by atoms with E-state index in [9.17, 15) is 0 Å². The molecule has 1 aromatic rings. The van der Waals surface area contributed by atoms with E-state index in [1.54, 1.807) is 0 Å². The second-order valence-corrected chi connectivity index (χ2v) is 32.8. The fourth-order valence-electron chi connectivity index (χ4n) is 7.82. The van der Waals surface area contributed by atoms with Crippen molar-refractivity contribution in [1.82, 2.24) is 0 Å². The largest absolute Gasteiger partial charge is 0.414 e. The van der Waals surface area contributed by atoms with Crippen LogP contribution in [0.4, 0.5) is 0 Å². The Morgan fingerprint density at radius 3 is 1.59 bits per heavy atom. The number of hydrogen-bond acceptors (Lipinski definition) is 3. The summed E-state index contributed by atoms with van der Waals surface area (Å²) in [4.78, 5) is 0. The first-order valence-electron chi connectivity index (χ1n) is 15.5. The van der Waals surface area contributed by atoms with E-state index in [1.165, 1.54) is 5.19 Å². The van der Waals surface area contributed by atoms with E-state index in [-0.39, 0.29) is 15.5 Å². The fraction of sp³-hybridized carbons (Fsp3) is 0.750. The topological polar surface area (TPSA) is 27.7 Å². The highest BCUT2D eigenvalue weighted by Gasteiger charge is 2.65. The number of hydrogen-bond donors (Lipinski definition) is 0. The molecule has 224 valence electrons. The molecule has 0 radical (unpaired) electrons. The molecule has 0 saturated heterocycles. The van der Waals surface area contributed by atoms with Crippen molar-refractivity contribution in [2.45, 2.75) is 154 Å². The van der Waals surface area contributed by atoms with Gasteiger partial charge in [-0.15, -0.1) is 0 Å². The van der Waals surface area contributed by atoms with E-state index in [4.69, 9.17) is 13.3 Å². The average molecular weight is 607 g/mol. The molecule has 2 unspecified atom stereocenters. The Balaban J connectivity index is 2.68. The summed E-state index contributed by atoms with van der Waals surface area (Å²) in [6.45, 7) is 36.0. The van der Waals surface area contributed by atoms with Crippen LogP contribution in [0, 0.1) is 0 Å². The van der Waals surface area contributed by atoms with Crippen LogP contribution in [-0.4, -0.2) is 49.1 Å². The van der Waals surface area contributed by atoms with E-state index < -0.39 is 38.6 Å². The van der Waals surface area contributed by atoms with Crippen molar-refractivity contribution in [1.29, 1.82) is 0 Å². The molecule has 0 aliphatic heterocycles. The van der Waals surface area contributed by atoms with Gasteiger partial charge < -0.3 is 13.3 Å². The summed E-state index contributed by atoms with van der Waals surface area (Å²) in [5.74, 6) is 0. The van der Waals surface area contributed by atoms with Gasteiger partial charge in [-0.25, -0.2) is 0 Å². The number of rotatable bonds is 16. The Labute approximate surface area is 246 Å². The average Bonchev–Trinajstić information content (AvgIpc) is 3.58. The van der Waals surface area contributed by atoms with Gasteiger partial charge in [0.15, 0.2) is 16.6 Å². The molecule has 0 heterocycles. The van der Waals surface area contributed by atoms with Gasteiger partial charge in [0.25, 0.3) is 8.32 Å². The zero-order chi connectivity index (χ0) is 30.2.